The van der Waals surface area contributed by atoms with Gasteiger partial charge in [0.1, 0.15) is 29.3 Å². The van der Waals surface area contributed by atoms with Gasteiger partial charge in [-0.15, -0.1) is 0 Å². The number of hydrogen-bond acceptors (Lipinski definition) is 5. The quantitative estimate of drug-likeness (QED) is 0.210. The molecule has 2 heterocycles. The van der Waals surface area contributed by atoms with Gasteiger partial charge < -0.3 is 15.5 Å². The normalized spacial score (nSPS) is 13.0. The van der Waals surface area contributed by atoms with Crippen molar-refractivity contribution in [2.75, 3.05) is 32.0 Å². The van der Waals surface area contributed by atoms with Gasteiger partial charge in [-0.3, -0.25) is 14.4 Å². The van der Waals surface area contributed by atoms with Crippen LogP contribution in [0.4, 0.5) is 14.6 Å². The van der Waals surface area contributed by atoms with Crippen molar-refractivity contribution in [3.63, 3.8) is 0 Å². The van der Waals surface area contributed by atoms with Gasteiger partial charge in [-0.25, -0.2) is 8.78 Å². The molecule has 0 radical (unpaired) electrons. The van der Waals surface area contributed by atoms with E-state index in [4.69, 9.17) is 4.99 Å². The van der Waals surface area contributed by atoms with E-state index < -0.39 is 22.9 Å². The van der Waals surface area contributed by atoms with Gasteiger partial charge in [0.2, 0.25) is 0 Å². The molecule has 2 N–H and O–H groups in total. The molecule has 0 fully saturated rings. The maximum atomic E-state index is 15.0. The molecule has 0 saturated carbocycles. The van der Waals surface area contributed by atoms with Crippen molar-refractivity contribution in [3.05, 3.63) is 99.4 Å². The lowest BCUT2D eigenvalue weighted by Crippen LogP contribution is -2.34. The fourth-order valence-corrected chi connectivity index (χ4v) is 5.13. The largest absolute Gasteiger partial charge is 0.388 e. The molecular weight excluding hydrogens is 568 g/mol. The van der Waals surface area contributed by atoms with Gasteiger partial charge >= 0.3 is 0 Å². The number of nitrogens with zero attached hydrogens (tertiary/aromatic N) is 3. The molecule has 0 spiro atoms. The zero-order valence-electron chi connectivity index (χ0n) is 29.2. The summed E-state index contributed by atoms with van der Waals surface area (Å²) in [4.78, 5) is 20.6. The van der Waals surface area contributed by atoms with E-state index in [0.29, 0.717) is 23.5 Å². The molecule has 4 rings (SSSR count). The van der Waals surface area contributed by atoms with Crippen LogP contribution in [0.15, 0.2) is 64.9 Å². The lowest BCUT2D eigenvalue weighted by molar-refractivity contribution is 0.295. The summed E-state index contributed by atoms with van der Waals surface area (Å²) in [6.45, 7) is 25.4. The molecule has 6 nitrogen and oxygen atoms in total. The first-order valence-electron chi connectivity index (χ1n) is 16.5. The van der Waals surface area contributed by atoms with E-state index in [2.05, 4.69) is 36.0 Å². The minimum Gasteiger partial charge on any atom is -0.388 e. The molecule has 0 saturated heterocycles. The standard InChI is InChI=1S/C31H37F2N5O.3C2H6/c1-6-37(7-2)19-9-8-16-27-35-29(23-13-10-12-22(20(23)3)21(4)34-5)24-17-18-28(39)38(31(24)36-27)30-25(32)14-11-15-26(30)33;3*1-2/h10-15,17-18,27,34,36H,4,6-9,16,19H2,1-3,5H3;3*1-2H3. The number of benzene rings is 2. The van der Waals surface area contributed by atoms with Gasteiger partial charge in [0, 0.05) is 35.5 Å². The number of anilines is 1. The number of nitrogens with one attached hydrogen (secondary N) is 2. The Morgan fingerprint density at radius 3 is 2.11 bits per heavy atom. The summed E-state index contributed by atoms with van der Waals surface area (Å²) < 4.78 is 31.0. The fourth-order valence-electron chi connectivity index (χ4n) is 5.13. The van der Waals surface area contributed by atoms with E-state index >= 15 is 0 Å². The minimum atomic E-state index is -0.810. The molecular formula is C37H55F2N5O. The summed E-state index contributed by atoms with van der Waals surface area (Å²) in [5, 5.41) is 6.45. The molecule has 0 amide bonds. The van der Waals surface area contributed by atoms with E-state index in [9.17, 15) is 13.6 Å². The Bertz CT molecular complexity index is 1420. The minimum absolute atomic E-state index is 0.336. The molecule has 1 unspecified atom stereocenters. The summed E-state index contributed by atoms with van der Waals surface area (Å²) in [7, 11) is 1.82. The second kappa shape index (κ2) is 20.3. The molecule has 8 heteroatoms. The van der Waals surface area contributed by atoms with Crippen LogP contribution in [0, 0.1) is 18.6 Å². The van der Waals surface area contributed by atoms with Crippen LogP contribution < -0.4 is 16.2 Å². The summed E-state index contributed by atoms with van der Waals surface area (Å²) >= 11 is 0. The highest BCUT2D eigenvalue weighted by atomic mass is 19.1. The first kappa shape index (κ1) is 39.2. The second-order valence-corrected chi connectivity index (χ2v) is 9.71. The molecule has 45 heavy (non-hydrogen) atoms. The number of hydrogen-bond donors (Lipinski definition) is 2. The maximum Gasteiger partial charge on any atom is 0.256 e. The number of unbranched alkanes of at least 4 members (excludes halogenated alkanes) is 1. The van der Waals surface area contributed by atoms with E-state index in [1.54, 1.807) is 6.07 Å². The first-order valence-corrected chi connectivity index (χ1v) is 16.5. The van der Waals surface area contributed by atoms with Crippen LogP contribution >= 0.6 is 0 Å². The van der Waals surface area contributed by atoms with E-state index in [1.165, 1.54) is 12.1 Å². The summed E-state index contributed by atoms with van der Waals surface area (Å²) in [6.07, 6.45) is 2.23. The fraction of sp³-hybridized carbons (Fsp3) is 0.459. The van der Waals surface area contributed by atoms with Crippen LogP contribution in [0.2, 0.25) is 0 Å². The van der Waals surface area contributed by atoms with Gasteiger partial charge in [0.05, 0.1) is 5.71 Å². The Morgan fingerprint density at radius 1 is 0.933 bits per heavy atom. The number of para-hydroxylation sites is 1. The van der Waals surface area contributed by atoms with Crippen LogP contribution in [0.5, 0.6) is 0 Å². The summed E-state index contributed by atoms with van der Waals surface area (Å²) in [5.41, 5.74) is 3.91. The molecule has 2 aromatic carbocycles. The van der Waals surface area contributed by atoms with Gasteiger partial charge in [-0.1, -0.05) is 86.2 Å². The van der Waals surface area contributed by atoms with Gasteiger partial charge in [0.15, 0.2) is 0 Å². The lowest BCUT2D eigenvalue weighted by atomic mass is 9.92. The van der Waals surface area contributed by atoms with Crippen LogP contribution in [0.1, 0.15) is 96.9 Å². The third kappa shape index (κ3) is 9.60. The van der Waals surface area contributed by atoms with Gasteiger partial charge in [0.25, 0.3) is 5.56 Å². The Labute approximate surface area is 270 Å². The maximum absolute atomic E-state index is 15.0. The topological polar surface area (TPSA) is 61.7 Å². The number of aromatic nitrogens is 1. The van der Waals surface area contributed by atoms with Crippen LogP contribution in [-0.4, -0.2) is 48.0 Å². The molecule has 1 atom stereocenters. The number of fused-ring (bicyclic) bond motifs is 1. The summed E-state index contributed by atoms with van der Waals surface area (Å²) in [5.74, 6) is -1.28. The first-order chi connectivity index (χ1) is 21.8. The third-order valence-corrected chi connectivity index (χ3v) is 7.41. The molecule has 248 valence electrons. The Hall–Kier alpha value is -3.78. The van der Waals surface area contributed by atoms with Crippen LogP contribution in [0.25, 0.3) is 11.4 Å². The van der Waals surface area contributed by atoms with Crippen LogP contribution in [-0.2, 0) is 0 Å². The smallest absolute Gasteiger partial charge is 0.256 e. The van der Waals surface area contributed by atoms with Crippen molar-refractivity contribution in [2.45, 2.75) is 87.7 Å². The highest BCUT2D eigenvalue weighted by Crippen LogP contribution is 2.32. The van der Waals surface area contributed by atoms with Crippen molar-refractivity contribution in [1.29, 1.82) is 0 Å². The molecule has 1 aromatic heterocycles. The zero-order chi connectivity index (χ0) is 34.1. The third-order valence-electron chi connectivity index (χ3n) is 7.41. The van der Waals surface area contributed by atoms with E-state index in [-0.39, 0.29) is 6.17 Å². The van der Waals surface area contributed by atoms with Gasteiger partial charge in [-0.2, -0.15) is 0 Å². The average Bonchev–Trinajstić information content (AvgIpc) is 3.08. The Balaban J connectivity index is 0.00000159. The van der Waals surface area contributed by atoms with Gasteiger partial charge in [-0.05, 0) is 69.6 Å². The predicted molar refractivity (Wildman–Crippen MR) is 190 cm³/mol. The SMILES string of the molecule is C=C(NC)c1cccc(C2=NC(CCCCN(CC)CC)Nc3c2ccc(=O)n3-c2c(F)cccc2F)c1C.CC.CC.CC. The zero-order valence-corrected chi connectivity index (χ0v) is 29.2. The number of halogens is 2. The Kier molecular flexibility index (Phi) is 17.7. The number of aliphatic imine (C=N–C) groups is 1. The molecule has 0 aliphatic carbocycles. The van der Waals surface area contributed by atoms with Crippen molar-refractivity contribution in [3.8, 4) is 5.69 Å². The molecule has 0 bridgehead atoms. The number of rotatable bonds is 11. The predicted octanol–water partition coefficient (Wildman–Crippen LogP) is 8.79. The van der Waals surface area contributed by atoms with Crippen molar-refractivity contribution in [2.24, 2.45) is 4.99 Å². The highest BCUT2D eigenvalue weighted by molar-refractivity contribution is 6.17. The molecule has 1 aliphatic heterocycles. The molecule has 1 aliphatic rings. The van der Waals surface area contributed by atoms with E-state index in [1.807, 2.05) is 73.7 Å². The summed E-state index contributed by atoms with van der Waals surface area (Å²) in [6, 6.07) is 12.5. The highest BCUT2D eigenvalue weighted by Gasteiger charge is 2.28. The molecule has 3 aromatic rings. The van der Waals surface area contributed by atoms with Crippen molar-refractivity contribution < 1.29 is 8.78 Å². The van der Waals surface area contributed by atoms with Crippen molar-refractivity contribution in [1.82, 2.24) is 14.8 Å². The lowest BCUT2D eigenvalue weighted by Gasteiger charge is -2.29. The van der Waals surface area contributed by atoms with Crippen LogP contribution in [0.3, 0.4) is 0 Å². The van der Waals surface area contributed by atoms with E-state index in [0.717, 1.165) is 71.6 Å². The number of pyridine rings is 1. The Morgan fingerprint density at radius 2 is 1.53 bits per heavy atom. The van der Waals surface area contributed by atoms with Crippen molar-refractivity contribution >= 4 is 17.2 Å². The second-order valence-electron chi connectivity index (χ2n) is 9.71. The average molecular weight is 624 g/mol. The monoisotopic (exact) mass is 623 g/mol.